The highest BCUT2D eigenvalue weighted by Crippen LogP contribution is 2.33. The number of hydrogen-bond donors (Lipinski definition) is 2. The Kier molecular flexibility index (Phi) is 8.75. The van der Waals surface area contributed by atoms with Crippen LogP contribution in [0, 0.1) is 5.92 Å². The lowest BCUT2D eigenvalue weighted by Gasteiger charge is -2.20. The van der Waals surface area contributed by atoms with E-state index in [1.165, 1.54) is 12.0 Å². The highest BCUT2D eigenvalue weighted by molar-refractivity contribution is 7.89. The van der Waals surface area contributed by atoms with Gasteiger partial charge in [-0.3, -0.25) is 10.1 Å². The minimum Gasteiger partial charge on any atom is -0.492 e. The lowest BCUT2D eigenvalue weighted by atomic mass is 10.1. The monoisotopic (exact) mass is 487 g/mol. The number of nitrogens with zero attached hydrogens (tertiary/aromatic N) is 1. The Hall–Kier alpha value is -1.88. The van der Waals surface area contributed by atoms with Crippen molar-refractivity contribution in [3.63, 3.8) is 0 Å². The number of sulfonamides is 1. The summed E-state index contributed by atoms with van der Waals surface area (Å²) in [7, 11) is -2.04. The molecule has 0 bridgehead atoms. The van der Waals surface area contributed by atoms with Crippen molar-refractivity contribution >= 4 is 33.6 Å². The first-order valence-corrected chi connectivity index (χ1v) is 12.8. The van der Waals surface area contributed by atoms with Crippen LogP contribution < -0.4 is 14.8 Å². The van der Waals surface area contributed by atoms with Gasteiger partial charge in [-0.15, -0.1) is 0 Å². The Labute approximate surface area is 193 Å². The maximum absolute atomic E-state index is 12.6. The second kappa shape index (κ2) is 11.3. The van der Waals surface area contributed by atoms with Crippen LogP contribution in [0.25, 0.3) is 0 Å². The maximum Gasteiger partial charge on any atom is 0.324 e. The van der Waals surface area contributed by atoms with Crippen molar-refractivity contribution in [2.75, 3.05) is 39.2 Å². The third kappa shape index (κ3) is 7.61. The average Bonchev–Trinajstić information content (AvgIpc) is 3.50. The number of urea groups is 1. The van der Waals surface area contributed by atoms with Crippen molar-refractivity contribution < 1.29 is 27.5 Å². The summed E-state index contributed by atoms with van der Waals surface area (Å²) in [4.78, 5) is 24.1. The second-order valence-electron chi connectivity index (χ2n) is 8.22. The molecule has 2 N–H and O–H groups in total. The molecule has 0 unspecified atom stereocenters. The summed E-state index contributed by atoms with van der Waals surface area (Å²) >= 11 is 6.24. The van der Waals surface area contributed by atoms with E-state index in [2.05, 4.69) is 10.0 Å². The minimum atomic E-state index is -3.56. The van der Waals surface area contributed by atoms with Gasteiger partial charge in [-0.2, -0.15) is 0 Å². The average molecular weight is 488 g/mol. The molecule has 11 heteroatoms. The van der Waals surface area contributed by atoms with Crippen molar-refractivity contribution in [2.24, 2.45) is 5.92 Å². The standard InChI is InChI=1S/C21H30ClN3O6S/c1-30-14-18(16-7-8-17(22)19(11-16)31-13-15-5-6-15)24-32(28,29)10-4-2-3-9-25-12-20(26)23-21(25)27/h7-8,11,15,18,24H,2-6,9-10,12-14H2,1H3,(H,23,26,27)/t18-/m1/s1. The third-order valence-corrected chi connectivity index (χ3v) is 7.18. The molecule has 3 rings (SSSR count). The summed E-state index contributed by atoms with van der Waals surface area (Å²) in [6.45, 7) is 1.26. The van der Waals surface area contributed by atoms with Crippen LogP contribution in [0.15, 0.2) is 18.2 Å². The summed E-state index contributed by atoms with van der Waals surface area (Å²) in [5.41, 5.74) is 0.718. The van der Waals surface area contributed by atoms with Crippen LogP contribution >= 0.6 is 11.6 Å². The highest BCUT2D eigenvalue weighted by atomic mass is 35.5. The zero-order valence-corrected chi connectivity index (χ0v) is 19.7. The molecule has 0 radical (unpaired) electrons. The molecular weight excluding hydrogens is 458 g/mol. The van der Waals surface area contributed by atoms with Crippen molar-refractivity contribution in [1.82, 2.24) is 14.9 Å². The van der Waals surface area contributed by atoms with Gasteiger partial charge in [0.05, 0.1) is 30.0 Å². The van der Waals surface area contributed by atoms with Gasteiger partial charge in [0, 0.05) is 13.7 Å². The summed E-state index contributed by atoms with van der Waals surface area (Å²) < 4.78 is 39.0. The molecule has 1 saturated carbocycles. The molecule has 1 aromatic carbocycles. The molecule has 1 aromatic rings. The fraction of sp³-hybridized carbons (Fsp3) is 0.619. The zero-order valence-electron chi connectivity index (χ0n) is 18.1. The first-order chi connectivity index (χ1) is 15.3. The molecule has 9 nitrogen and oxygen atoms in total. The number of benzene rings is 1. The fourth-order valence-corrected chi connectivity index (χ4v) is 4.93. The van der Waals surface area contributed by atoms with Gasteiger partial charge in [-0.05, 0) is 49.3 Å². The zero-order chi connectivity index (χ0) is 23.1. The van der Waals surface area contributed by atoms with E-state index >= 15 is 0 Å². The second-order valence-corrected chi connectivity index (χ2v) is 10.5. The molecule has 0 aromatic heterocycles. The summed E-state index contributed by atoms with van der Waals surface area (Å²) in [6.07, 6.45) is 4.00. The van der Waals surface area contributed by atoms with Crippen molar-refractivity contribution in [3.05, 3.63) is 28.8 Å². The molecule has 1 heterocycles. The quantitative estimate of drug-likeness (QED) is 0.308. The van der Waals surface area contributed by atoms with E-state index in [9.17, 15) is 18.0 Å². The SMILES string of the molecule is COC[C@@H](NS(=O)(=O)CCCCCN1CC(=O)NC1=O)c1ccc(Cl)c(OCC2CC2)c1. The number of halogens is 1. The van der Waals surface area contributed by atoms with Gasteiger partial charge in [0.15, 0.2) is 0 Å². The number of unbranched alkanes of at least 4 members (excludes halogenated alkanes) is 2. The van der Waals surface area contributed by atoms with Crippen LogP contribution in [0.2, 0.25) is 5.02 Å². The number of ether oxygens (including phenoxy) is 2. The molecule has 1 aliphatic carbocycles. The first kappa shape index (κ1) is 24.8. The third-order valence-electron chi connectivity index (χ3n) is 5.39. The van der Waals surface area contributed by atoms with E-state index in [1.807, 2.05) is 0 Å². The molecular formula is C21H30ClN3O6S. The van der Waals surface area contributed by atoms with Crippen molar-refractivity contribution in [2.45, 2.75) is 38.1 Å². The van der Waals surface area contributed by atoms with E-state index < -0.39 is 22.1 Å². The number of carbonyl (C=O) groups excluding carboxylic acids is 2. The molecule has 2 fully saturated rings. The Balaban J connectivity index is 1.49. The lowest BCUT2D eigenvalue weighted by molar-refractivity contribution is -0.118. The van der Waals surface area contributed by atoms with Crippen LogP contribution in [0.1, 0.15) is 43.7 Å². The van der Waals surface area contributed by atoms with E-state index in [-0.39, 0.29) is 24.8 Å². The number of hydrogen-bond acceptors (Lipinski definition) is 6. The van der Waals surface area contributed by atoms with Crippen molar-refractivity contribution in [1.29, 1.82) is 0 Å². The fourth-order valence-electron chi connectivity index (χ4n) is 3.42. The molecule has 1 saturated heterocycles. The lowest BCUT2D eigenvalue weighted by Crippen LogP contribution is -2.33. The van der Waals surface area contributed by atoms with Gasteiger partial charge in [-0.25, -0.2) is 17.9 Å². The van der Waals surface area contributed by atoms with Gasteiger partial charge >= 0.3 is 6.03 Å². The number of rotatable bonds is 14. The summed E-state index contributed by atoms with van der Waals surface area (Å²) in [5, 5.41) is 2.71. The molecule has 3 amide bonds. The van der Waals surface area contributed by atoms with E-state index in [0.717, 1.165) is 18.4 Å². The summed E-state index contributed by atoms with van der Waals surface area (Å²) in [5.74, 6) is 0.759. The van der Waals surface area contributed by atoms with Crippen LogP contribution in [0.4, 0.5) is 4.79 Å². The highest BCUT2D eigenvalue weighted by Gasteiger charge is 2.26. The molecule has 178 valence electrons. The van der Waals surface area contributed by atoms with E-state index in [1.54, 1.807) is 18.2 Å². The van der Waals surface area contributed by atoms with Crippen LogP contribution in [-0.2, 0) is 19.6 Å². The maximum atomic E-state index is 12.6. The first-order valence-electron chi connectivity index (χ1n) is 10.8. The van der Waals surface area contributed by atoms with E-state index in [4.69, 9.17) is 21.1 Å². The van der Waals surface area contributed by atoms with Gasteiger partial charge in [0.25, 0.3) is 0 Å². The van der Waals surface area contributed by atoms with Crippen LogP contribution in [0.3, 0.4) is 0 Å². The Morgan fingerprint density at radius 2 is 2.03 bits per heavy atom. The van der Waals surface area contributed by atoms with Gasteiger partial charge in [-0.1, -0.05) is 24.1 Å². The smallest absolute Gasteiger partial charge is 0.324 e. The molecule has 1 atom stereocenters. The Morgan fingerprint density at radius 1 is 1.25 bits per heavy atom. The number of imide groups is 1. The van der Waals surface area contributed by atoms with Crippen LogP contribution in [0.5, 0.6) is 5.75 Å². The van der Waals surface area contributed by atoms with Gasteiger partial charge in [0.1, 0.15) is 12.3 Å². The molecule has 1 aliphatic heterocycles. The Bertz CT molecular complexity index is 922. The Morgan fingerprint density at radius 3 is 2.69 bits per heavy atom. The topological polar surface area (TPSA) is 114 Å². The van der Waals surface area contributed by atoms with Crippen molar-refractivity contribution in [3.8, 4) is 5.75 Å². The predicted molar refractivity (Wildman–Crippen MR) is 120 cm³/mol. The van der Waals surface area contributed by atoms with Crippen LogP contribution in [-0.4, -0.2) is 64.4 Å². The van der Waals surface area contributed by atoms with Gasteiger partial charge in [0.2, 0.25) is 15.9 Å². The molecule has 0 spiro atoms. The molecule has 32 heavy (non-hydrogen) atoms. The molecule has 2 aliphatic rings. The number of nitrogens with one attached hydrogen (secondary N) is 2. The minimum absolute atomic E-state index is 0.0447. The normalized spacial score (nSPS) is 17.5. The number of amides is 3. The number of carbonyl (C=O) groups is 2. The summed E-state index contributed by atoms with van der Waals surface area (Å²) in [6, 6.07) is 4.27. The number of methoxy groups -OCH3 is 1. The van der Waals surface area contributed by atoms with E-state index in [0.29, 0.717) is 49.1 Å². The predicted octanol–water partition coefficient (Wildman–Crippen LogP) is 2.46. The largest absolute Gasteiger partial charge is 0.492 e. The van der Waals surface area contributed by atoms with Gasteiger partial charge < -0.3 is 14.4 Å².